The van der Waals surface area contributed by atoms with Crippen LogP contribution >= 0.6 is 0 Å². The number of aromatic nitrogens is 2. The summed E-state index contributed by atoms with van der Waals surface area (Å²) in [6.45, 7) is 0.611. The molecule has 0 spiro atoms. The summed E-state index contributed by atoms with van der Waals surface area (Å²) in [5.74, 6) is -2.29. The third-order valence-corrected chi connectivity index (χ3v) is 8.73. The Kier molecular flexibility index (Phi) is 8.35. The molecule has 0 saturated heterocycles. The van der Waals surface area contributed by atoms with Crippen molar-refractivity contribution in [2.45, 2.75) is 63.4 Å². The predicted octanol–water partition coefficient (Wildman–Crippen LogP) is 6.43. The number of pyridine rings is 1. The second-order valence-electron chi connectivity index (χ2n) is 12.0. The number of benzene rings is 2. The van der Waals surface area contributed by atoms with E-state index >= 15 is 8.78 Å². The van der Waals surface area contributed by atoms with Gasteiger partial charge in [-0.3, -0.25) is 9.78 Å². The van der Waals surface area contributed by atoms with Crippen molar-refractivity contribution in [2.75, 3.05) is 26.0 Å². The fourth-order valence-electron chi connectivity index (χ4n) is 6.52. The number of carbonyl (C=O) groups excluding carboxylic acids is 1. The summed E-state index contributed by atoms with van der Waals surface area (Å²) < 4.78 is 39.3. The molecule has 44 heavy (non-hydrogen) atoms. The number of carbonyl (C=O) groups is 2. The van der Waals surface area contributed by atoms with Crippen LogP contribution < -0.4 is 10.1 Å². The van der Waals surface area contributed by atoms with Crippen molar-refractivity contribution in [3.05, 3.63) is 77.4 Å². The molecule has 1 fully saturated rings. The molecule has 0 radical (unpaired) electrons. The zero-order valence-electron chi connectivity index (χ0n) is 24.9. The van der Waals surface area contributed by atoms with Gasteiger partial charge < -0.3 is 24.6 Å². The Bertz CT molecular complexity index is 1700. The highest BCUT2D eigenvalue weighted by Gasteiger charge is 2.36. The number of nitrogens with zero attached hydrogens (tertiary/aromatic N) is 3. The van der Waals surface area contributed by atoms with Gasteiger partial charge in [0.15, 0.2) is 17.3 Å². The standard InChI is InChI=1S/C34H36F2N4O4/c1-39(2)14-12-27-30(41)18-40-29-15-20(34(42)43)10-11-23(29)32(22-8-3-4-9-25(22)35)33(40)24-16-26(36)31(17-28(24)38-27)44-19-21-7-5-6-13-37-21/h5-7,10-11,13,15-17,22,25,27,38H,3-4,8-9,12,14,18-19H2,1-2H3,(H,42,43)/t22?,25-,27?/m0/s1. The highest BCUT2D eigenvalue weighted by atomic mass is 19.1. The van der Waals surface area contributed by atoms with Gasteiger partial charge in [-0.2, -0.15) is 0 Å². The molecule has 2 N–H and O–H groups in total. The quantitative estimate of drug-likeness (QED) is 0.240. The van der Waals surface area contributed by atoms with Crippen molar-refractivity contribution in [3.8, 4) is 17.0 Å². The minimum atomic E-state index is -1.12. The Balaban J connectivity index is 1.57. The summed E-state index contributed by atoms with van der Waals surface area (Å²) in [5.41, 5.74) is 3.42. The number of fused-ring (bicyclic) bond motifs is 5. The molecule has 230 valence electrons. The minimum Gasteiger partial charge on any atom is -0.484 e. The summed E-state index contributed by atoms with van der Waals surface area (Å²) in [4.78, 5) is 32.1. The van der Waals surface area contributed by atoms with Crippen LogP contribution in [0.4, 0.5) is 14.5 Å². The normalized spacial score (nSPS) is 20.0. The minimum absolute atomic E-state index is 0.000283. The molecule has 6 rings (SSSR count). The lowest BCUT2D eigenvalue weighted by molar-refractivity contribution is -0.120. The predicted molar refractivity (Wildman–Crippen MR) is 165 cm³/mol. The van der Waals surface area contributed by atoms with Gasteiger partial charge in [0, 0.05) is 34.8 Å². The Labute approximate surface area is 254 Å². The van der Waals surface area contributed by atoms with Crippen LogP contribution in [0.3, 0.4) is 0 Å². The SMILES string of the molecule is CN(C)CCC1Nc2cc(OCc3ccccn3)c(F)cc2-c2c(C3CCCC[C@@H]3F)c3ccc(C(=O)O)cc3n2CC1=O. The van der Waals surface area contributed by atoms with E-state index in [1.165, 1.54) is 18.2 Å². The zero-order valence-corrected chi connectivity index (χ0v) is 24.9. The molecule has 3 atom stereocenters. The number of carboxylic acids is 1. The Morgan fingerprint density at radius 3 is 2.70 bits per heavy atom. The molecule has 0 amide bonds. The van der Waals surface area contributed by atoms with E-state index in [1.54, 1.807) is 35.0 Å². The summed E-state index contributed by atoms with van der Waals surface area (Å²) in [6.07, 6.45) is 3.65. The average Bonchev–Trinajstić information content (AvgIpc) is 3.31. The Hall–Kier alpha value is -4.31. The number of anilines is 1. The van der Waals surface area contributed by atoms with Crippen molar-refractivity contribution in [1.29, 1.82) is 0 Å². The number of Topliss-reactive ketones (excluding diaryl/α,β-unsaturated/α-hetero) is 1. The molecule has 10 heteroatoms. The van der Waals surface area contributed by atoms with E-state index in [0.717, 1.165) is 12.8 Å². The van der Waals surface area contributed by atoms with Crippen molar-refractivity contribution in [3.63, 3.8) is 0 Å². The molecule has 3 heterocycles. The molecule has 2 aromatic carbocycles. The van der Waals surface area contributed by atoms with Crippen LogP contribution in [0.2, 0.25) is 0 Å². The second kappa shape index (κ2) is 12.4. The lowest BCUT2D eigenvalue weighted by Crippen LogP contribution is -2.37. The van der Waals surface area contributed by atoms with Crippen LogP contribution in [0, 0.1) is 5.82 Å². The maximum absolute atomic E-state index is 15.9. The second-order valence-corrected chi connectivity index (χ2v) is 12.0. The van der Waals surface area contributed by atoms with Crippen molar-refractivity contribution >= 4 is 28.3 Å². The number of alkyl halides is 1. The fraction of sp³-hybridized carbons (Fsp3) is 0.382. The number of halogens is 2. The third kappa shape index (κ3) is 5.78. The van der Waals surface area contributed by atoms with Gasteiger partial charge in [-0.25, -0.2) is 13.6 Å². The van der Waals surface area contributed by atoms with Gasteiger partial charge in [-0.15, -0.1) is 0 Å². The first-order valence-corrected chi connectivity index (χ1v) is 15.1. The smallest absolute Gasteiger partial charge is 0.335 e. The first kappa shape index (κ1) is 29.7. The molecule has 1 aliphatic carbocycles. The molecule has 0 bridgehead atoms. The largest absolute Gasteiger partial charge is 0.484 e. The molecule has 2 aliphatic rings. The van der Waals surface area contributed by atoms with Gasteiger partial charge in [-0.05, 0) is 75.8 Å². The topological polar surface area (TPSA) is 96.7 Å². The van der Waals surface area contributed by atoms with Crippen LogP contribution in [-0.2, 0) is 17.9 Å². The van der Waals surface area contributed by atoms with Gasteiger partial charge in [0.2, 0.25) is 0 Å². The van der Waals surface area contributed by atoms with Crippen LogP contribution in [0.15, 0.2) is 54.7 Å². The number of hydrogen-bond donors (Lipinski definition) is 2. The van der Waals surface area contributed by atoms with E-state index in [-0.39, 0.29) is 30.2 Å². The maximum Gasteiger partial charge on any atom is 0.335 e. The molecule has 1 saturated carbocycles. The van der Waals surface area contributed by atoms with Crippen molar-refractivity contribution < 1.29 is 28.2 Å². The summed E-state index contributed by atoms with van der Waals surface area (Å²) >= 11 is 0. The van der Waals surface area contributed by atoms with Crippen LogP contribution in [0.1, 0.15) is 59.6 Å². The lowest BCUT2D eigenvalue weighted by Gasteiger charge is -2.30. The van der Waals surface area contributed by atoms with Crippen LogP contribution in [0.25, 0.3) is 22.2 Å². The van der Waals surface area contributed by atoms with E-state index in [4.69, 9.17) is 4.74 Å². The molecule has 8 nitrogen and oxygen atoms in total. The van der Waals surface area contributed by atoms with E-state index in [1.807, 2.05) is 25.1 Å². The molecular formula is C34H36F2N4O4. The first-order chi connectivity index (χ1) is 21.2. The number of carboxylic acid groups (broad SMARTS) is 1. The van der Waals surface area contributed by atoms with E-state index < -0.39 is 29.9 Å². The van der Waals surface area contributed by atoms with Crippen molar-refractivity contribution in [2.24, 2.45) is 0 Å². The number of ketones is 1. The van der Waals surface area contributed by atoms with E-state index in [2.05, 4.69) is 10.3 Å². The Morgan fingerprint density at radius 2 is 1.98 bits per heavy atom. The van der Waals surface area contributed by atoms with Gasteiger partial charge in [0.1, 0.15) is 12.8 Å². The maximum atomic E-state index is 15.9. The summed E-state index contributed by atoms with van der Waals surface area (Å²) in [7, 11) is 3.85. The number of aromatic carboxylic acids is 1. The fourth-order valence-corrected chi connectivity index (χ4v) is 6.52. The highest BCUT2D eigenvalue weighted by Crippen LogP contribution is 2.48. The summed E-state index contributed by atoms with van der Waals surface area (Å²) in [6, 6.07) is 12.5. The van der Waals surface area contributed by atoms with Gasteiger partial charge in [0.05, 0.1) is 35.1 Å². The number of ether oxygens (including phenoxy) is 1. The number of hydrogen-bond acceptors (Lipinski definition) is 6. The highest BCUT2D eigenvalue weighted by molar-refractivity contribution is 6.02. The average molecular weight is 603 g/mol. The molecule has 2 unspecified atom stereocenters. The zero-order chi connectivity index (χ0) is 31.0. The molecule has 4 aromatic rings. The molecule has 1 aliphatic heterocycles. The molecular weight excluding hydrogens is 566 g/mol. The van der Waals surface area contributed by atoms with Gasteiger partial charge in [0.25, 0.3) is 0 Å². The van der Waals surface area contributed by atoms with Gasteiger partial charge >= 0.3 is 5.97 Å². The van der Waals surface area contributed by atoms with E-state index in [9.17, 15) is 14.7 Å². The van der Waals surface area contributed by atoms with E-state index in [0.29, 0.717) is 64.9 Å². The number of nitrogens with one attached hydrogen (secondary N) is 1. The Morgan fingerprint density at radius 1 is 1.16 bits per heavy atom. The lowest BCUT2D eigenvalue weighted by atomic mass is 9.80. The van der Waals surface area contributed by atoms with Crippen LogP contribution in [-0.4, -0.2) is 64.2 Å². The molecule has 2 aromatic heterocycles. The first-order valence-electron chi connectivity index (χ1n) is 15.1. The summed E-state index contributed by atoms with van der Waals surface area (Å²) in [5, 5.41) is 13.9. The van der Waals surface area contributed by atoms with Crippen LogP contribution in [0.5, 0.6) is 5.75 Å². The third-order valence-electron chi connectivity index (χ3n) is 8.73. The van der Waals surface area contributed by atoms with Gasteiger partial charge in [-0.1, -0.05) is 25.0 Å². The number of rotatable bonds is 8. The monoisotopic (exact) mass is 602 g/mol. The van der Waals surface area contributed by atoms with Crippen molar-refractivity contribution in [1.82, 2.24) is 14.5 Å².